The van der Waals surface area contributed by atoms with E-state index in [1.165, 1.54) is 0 Å². The van der Waals surface area contributed by atoms with Crippen molar-refractivity contribution < 1.29 is 19.1 Å². The molecule has 1 unspecified atom stereocenters. The van der Waals surface area contributed by atoms with Gasteiger partial charge in [0.25, 0.3) is 5.91 Å². The predicted molar refractivity (Wildman–Crippen MR) is 93.6 cm³/mol. The van der Waals surface area contributed by atoms with E-state index >= 15 is 0 Å². The summed E-state index contributed by atoms with van der Waals surface area (Å²) in [7, 11) is 0. The molecule has 136 valence electrons. The lowest BCUT2D eigenvalue weighted by Gasteiger charge is -2.25. The van der Waals surface area contributed by atoms with Gasteiger partial charge in [0.2, 0.25) is 5.91 Å². The molecule has 0 saturated carbocycles. The summed E-state index contributed by atoms with van der Waals surface area (Å²) in [6.45, 7) is 5.06. The van der Waals surface area contributed by atoms with Crippen molar-refractivity contribution in [2.45, 2.75) is 6.10 Å². The molecule has 2 saturated heterocycles. The lowest BCUT2D eigenvalue weighted by molar-refractivity contribution is -0.128. The first-order valence-corrected chi connectivity index (χ1v) is 8.54. The van der Waals surface area contributed by atoms with Crippen LogP contribution >= 0.6 is 0 Å². The highest BCUT2D eigenvalue weighted by Gasteiger charge is 2.21. The van der Waals surface area contributed by atoms with Crippen LogP contribution in [0, 0.1) is 0 Å². The number of morpholine rings is 2. The molecule has 2 heterocycles. The minimum Gasteiger partial charge on any atom is -0.379 e. The molecule has 8 nitrogen and oxygen atoms in total. The van der Waals surface area contributed by atoms with E-state index < -0.39 is 6.10 Å². The maximum absolute atomic E-state index is 12.1. The summed E-state index contributed by atoms with van der Waals surface area (Å²) in [5.41, 5.74) is 1.37. The van der Waals surface area contributed by atoms with E-state index in [4.69, 9.17) is 9.47 Å². The largest absolute Gasteiger partial charge is 0.379 e. The molecule has 0 aliphatic carbocycles. The fraction of sp³-hybridized carbons (Fsp3) is 0.529. The van der Waals surface area contributed by atoms with E-state index in [-0.39, 0.29) is 11.8 Å². The molecule has 2 fully saturated rings. The second-order valence-corrected chi connectivity index (χ2v) is 6.07. The van der Waals surface area contributed by atoms with Crippen molar-refractivity contribution in [2.75, 3.05) is 63.2 Å². The molecule has 3 N–H and O–H groups in total. The molecule has 1 atom stereocenters. The number of nitrogens with one attached hydrogen (secondary N) is 3. The fourth-order valence-corrected chi connectivity index (χ4v) is 2.76. The highest BCUT2D eigenvalue weighted by Crippen LogP contribution is 2.14. The quantitative estimate of drug-likeness (QED) is 0.687. The Bertz CT molecular complexity index is 581. The molecule has 1 aromatic rings. The summed E-state index contributed by atoms with van der Waals surface area (Å²) < 4.78 is 10.7. The molecule has 25 heavy (non-hydrogen) atoms. The molecule has 2 aliphatic heterocycles. The molecule has 0 spiro atoms. The van der Waals surface area contributed by atoms with Gasteiger partial charge in [-0.15, -0.1) is 0 Å². The topological polar surface area (TPSA) is 91.9 Å². The Morgan fingerprint density at radius 2 is 1.76 bits per heavy atom. The number of carbonyl (C=O) groups excluding carboxylic acids is 2. The SMILES string of the molecule is O=C(CN1CCOCC1)Nc1ccc(NC(=O)C2CNCCO2)cc1. The first-order valence-electron chi connectivity index (χ1n) is 8.54. The lowest BCUT2D eigenvalue weighted by atomic mass is 10.2. The van der Waals surface area contributed by atoms with Crippen LogP contribution < -0.4 is 16.0 Å². The highest BCUT2D eigenvalue weighted by molar-refractivity contribution is 5.95. The smallest absolute Gasteiger partial charge is 0.254 e. The second kappa shape index (κ2) is 8.91. The van der Waals surface area contributed by atoms with Crippen LogP contribution in [0.5, 0.6) is 0 Å². The van der Waals surface area contributed by atoms with Crippen LogP contribution in [0.25, 0.3) is 0 Å². The molecular formula is C17H24N4O4. The minimum absolute atomic E-state index is 0.0552. The molecule has 8 heteroatoms. The van der Waals surface area contributed by atoms with Crippen LogP contribution in [0.1, 0.15) is 0 Å². The Balaban J connectivity index is 1.46. The van der Waals surface area contributed by atoms with Gasteiger partial charge in [-0.3, -0.25) is 14.5 Å². The molecule has 2 aliphatic rings. The minimum atomic E-state index is -0.471. The maximum Gasteiger partial charge on any atom is 0.254 e. The molecule has 1 aromatic carbocycles. The molecule has 2 amide bonds. The van der Waals surface area contributed by atoms with Crippen molar-refractivity contribution in [1.82, 2.24) is 10.2 Å². The number of amides is 2. The Morgan fingerprint density at radius 3 is 2.40 bits per heavy atom. The Hall–Kier alpha value is -2.00. The van der Waals surface area contributed by atoms with Gasteiger partial charge in [0.1, 0.15) is 6.10 Å². The van der Waals surface area contributed by atoms with Gasteiger partial charge in [-0.2, -0.15) is 0 Å². The van der Waals surface area contributed by atoms with Crippen molar-refractivity contribution in [2.24, 2.45) is 0 Å². The van der Waals surface area contributed by atoms with Crippen molar-refractivity contribution in [3.63, 3.8) is 0 Å². The number of hydrogen-bond donors (Lipinski definition) is 3. The Morgan fingerprint density at radius 1 is 1.08 bits per heavy atom. The number of hydrogen-bond acceptors (Lipinski definition) is 6. The number of anilines is 2. The van der Waals surface area contributed by atoms with Gasteiger partial charge in [-0.05, 0) is 24.3 Å². The Labute approximate surface area is 146 Å². The summed E-state index contributed by atoms with van der Waals surface area (Å²) in [4.78, 5) is 26.2. The van der Waals surface area contributed by atoms with E-state index in [1.54, 1.807) is 24.3 Å². The lowest BCUT2D eigenvalue weighted by Crippen LogP contribution is -2.45. The van der Waals surface area contributed by atoms with Gasteiger partial charge in [0.15, 0.2) is 0 Å². The summed E-state index contributed by atoms with van der Waals surface area (Å²) in [6.07, 6.45) is -0.471. The normalized spacial score (nSPS) is 21.5. The summed E-state index contributed by atoms with van der Waals surface area (Å²) in [6, 6.07) is 7.07. The zero-order valence-electron chi connectivity index (χ0n) is 14.1. The number of carbonyl (C=O) groups is 2. The van der Waals surface area contributed by atoms with Crippen LogP contribution in [-0.2, 0) is 19.1 Å². The third-order valence-corrected chi connectivity index (χ3v) is 4.13. The van der Waals surface area contributed by atoms with E-state index in [0.29, 0.717) is 44.3 Å². The number of rotatable bonds is 5. The van der Waals surface area contributed by atoms with Crippen LogP contribution in [0.15, 0.2) is 24.3 Å². The first kappa shape index (κ1) is 17.8. The summed E-state index contributed by atoms with van der Waals surface area (Å²) in [5.74, 6) is -0.225. The Kier molecular flexibility index (Phi) is 6.35. The van der Waals surface area contributed by atoms with Crippen LogP contribution in [-0.4, -0.2) is 75.4 Å². The zero-order valence-corrected chi connectivity index (χ0v) is 14.1. The van der Waals surface area contributed by atoms with Gasteiger partial charge in [-0.1, -0.05) is 0 Å². The monoisotopic (exact) mass is 348 g/mol. The summed E-state index contributed by atoms with van der Waals surface area (Å²) >= 11 is 0. The highest BCUT2D eigenvalue weighted by atomic mass is 16.5. The molecular weight excluding hydrogens is 324 g/mol. The predicted octanol–water partition coefficient (Wildman–Crippen LogP) is -0.116. The van der Waals surface area contributed by atoms with Crippen molar-refractivity contribution in [3.05, 3.63) is 24.3 Å². The van der Waals surface area contributed by atoms with E-state index in [0.717, 1.165) is 19.6 Å². The number of benzene rings is 1. The number of nitrogens with zero attached hydrogens (tertiary/aromatic N) is 1. The van der Waals surface area contributed by atoms with Crippen LogP contribution in [0.2, 0.25) is 0 Å². The van der Waals surface area contributed by atoms with Gasteiger partial charge in [0.05, 0.1) is 26.4 Å². The average Bonchev–Trinajstić information content (AvgIpc) is 2.65. The van der Waals surface area contributed by atoms with Gasteiger partial charge in [0, 0.05) is 37.6 Å². The molecule has 0 bridgehead atoms. The third kappa shape index (κ3) is 5.50. The fourth-order valence-electron chi connectivity index (χ4n) is 2.76. The third-order valence-electron chi connectivity index (χ3n) is 4.13. The first-order chi connectivity index (χ1) is 12.2. The number of ether oxygens (including phenoxy) is 2. The standard InChI is InChI=1S/C17H24N4O4/c22-16(12-21-6-9-24-10-7-21)19-13-1-3-14(4-2-13)20-17(23)15-11-18-5-8-25-15/h1-4,15,18H,5-12H2,(H,19,22)(H,20,23). The average molecular weight is 348 g/mol. The zero-order chi connectivity index (χ0) is 17.5. The van der Waals surface area contributed by atoms with Crippen molar-refractivity contribution in [3.8, 4) is 0 Å². The van der Waals surface area contributed by atoms with Crippen LogP contribution in [0.3, 0.4) is 0 Å². The molecule has 0 radical (unpaired) electrons. The van der Waals surface area contributed by atoms with Gasteiger partial charge < -0.3 is 25.4 Å². The second-order valence-electron chi connectivity index (χ2n) is 6.07. The summed E-state index contributed by atoms with van der Waals surface area (Å²) in [5, 5.41) is 8.80. The molecule has 3 rings (SSSR count). The molecule has 0 aromatic heterocycles. The van der Waals surface area contributed by atoms with Gasteiger partial charge >= 0.3 is 0 Å². The van der Waals surface area contributed by atoms with E-state index in [2.05, 4.69) is 20.9 Å². The maximum atomic E-state index is 12.1. The van der Waals surface area contributed by atoms with Gasteiger partial charge in [-0.25, -0.2) is 0 Å². The van der Waals surface area contributed by atoms with Crippen molar-refractivity contribution in [1.29, 1.82) is 0 Å². The van der Waals surface area contributed by atoms with Crippen molar-refractivity contribution >= 4 is 23.2 Å². The van der Waals surface area contributed by atoms with E-state index in [9.17, 15) is 9.59 Å². The van der Waals surface area contributed by atoms with Crippen LogP contribution in [0.4, 0.5) is 11.4 Å². The van der Waals surface area contributed by atoms with E-state index in [1.807, 2.05) is 0 Å².